The highest BCUT2D eigenvalue weighted by Gasteiger charge is 2.39. The number of aryl methyl sites for hydroxylation is 1. The first kappa shape index (κ1) is 21.6. The Kier molecular flexibility index (Phi) is 5.40. The molecule has 9 heteroatoms. The van der Waals surface area contributed by atoms with Crippen LogP contribution in [0.15, 0.2) is 65.6 Å². The van der Waals surface area contributed by atoms with E-state index < -0.39 is 16.3 Å². The number of ether oxygens (including phenoxy) is 3. The topological polar surface area (TPSA) is 106 Å². The van der Waals surface area contributed by atoms with E-state index in [0.717, 1.165) is 11.1 Å². The van der Waals surface area contributed by atoms with Crippen molar-refractivity contribution < 1.29 is 27.7 Å². The number of phenols is 1. The van der Waals surface area contributed by atoms with Crippen LogP contribution in [-0.2, 0) is 10.0 Å². The molecule has 5 rings (SSSR count). The molecule has 0 amide bonds. The summed E-state index contributed by atoms with van der Waals surface area (Å²) in [5.41, 5.74) is 5.34. The van der Waals surface area contributed by atoms with Crippen LogP contribution in [0.25, 0.3) is 0 Å². The lowest BCUT2D eigenvalue weighted by Gasteiger charge is -2.38. The molecule has 8 nitrogen and oxygen atoms in total. The molecular weight excluding hydrogens is 444 g/mol. The zero-order valence-corrected chi connectivity index (χ0v) is 18.9. The van der Waals surface area contributed by atoms with E-state index in [1.54, 1.807) is 42.5 Å². The number of para-hydroxylation sites is 1. The maximum Gasteiger partial charge on any atom is 0.253 e. The highest BCUT2D eigenvalue weighted by molar-refractivity contribution is 7.89. The monoisotopic (exact) mass is 468 g/mol. The van der Waals surface area contributed by atoms with Crippen LogP contribution in [0.5, 0.6) is 23.0 Å². The van der Waals surface area contributed by atoms with E-state index in [1.807, 2.05) is 32.0 Å². The molecule has 3 aromatic rings. The Hall–Kier alpha value is -3.27. The third-order valence-electron chi connectivity index (χ3n) is 6.04. The molecule has 3 N–H and O–H groups in total. The van der Waals surface area contributed by atoms with Gasteiger partial charge in [0, 0.05) is 29.0 Å². The van der Waals surface area contributed by atoms with Gasteiger partial charge in [-0.3, -0.25) is 0 Å². The van der Waals surface area contributed by atoms with E-state index in [-0.39, 0.29) is 29.3 Å². The summed E-state index contributed by atoms with van der Waals surface area (Å²) in [6.07, 6.45) is -0.720. The number of nitrogens with one attached hydrogen (secondary N) is 2. The van der Waals surface area contributed by atoms with Crippen molar-refractivity contribution in [3.05, 3.63) is 77.4 Å². The molecule has 33 heavy (non-hydrogen) atoms. The second-order valence-electron chi connectivity index (χ2n) is 8.24. The summed E-state index contributed by atoms with van der Waals surface area (Å²) in [4.78, 5) is 2.59. The Morgan fingerprint density at radius 1 is 0.939 bits per heavy atom. The van der Waals surface area contributed by atoms with E-state index in [2.05, 4.69) is 10.3 Å². The van der Waals surface area contributed by atoms with Gasteiger partial charge in [-0.15, -0.1) is 4.83 Å². The first-order valence-corrected chi connectivity index (χ1v) is 12.0. The van der Waals surface area contributed by atoms with E-state index in [0.29, 0.717) is 22.8 Å². The maximum absolute atomic E-state index is 12.8. The second-order valence-corrected chi connectivity index (χ2v) is 9.92. The average molecular weight is 469 g/mol. The Labute approximate surface area is 192 Å². The van der Waals surface area contributed by atoms with Crippen LogP contribution in [-0.4, -0.2) is 26.5 Å². The van der Waals surface area contributed by atoms with Crippen molar-refractivity contribution in [2.45, 2.75) is 30.9 Å². The molecular formula is C24H24N2O6S. The third kappa shape index (κ3) is 3.99. The molecule has 0 aromatic heterocycles. The van der Waals surface area contributed by atoms with Gasteiger partial charge in [-0.2, -0.15) is 0 Å². The Balaban J connectivity index is 1.48. The summed E-state index contributed by atoms with van der Waals surface area (Å²) >= 11 is 0. The molecule has 0 aliphatic carbocycles. The summed E-state index contributed by atoms with van der Waals surface area (Å²) in [6.45, 7) is 3.94. The smallest absolute Gasteiger partial charge is 0.253 e. The lowest BCUT2D eigenvalue weighted by molar-refractivity contribution is 0.0733. The number of sulfonamides is 1. The molecule has 0 radical (unpaired) electrons. The molecule has 0 saturated heterocycles. The summed E-state index contributed by atoms with van der Waals surface area (Å²) in [6, 6.07) is 17.3. The molecule has 0 bridgehead atoms. The van der Waals surface area contributed by atoms with Gasteiger partial charge in [0.2, 0.25) is 6.79 Å². The van der Waals surface area contributed by atoms with Crippen LogP contribution in [0.3, 0.4) is 0 Å². The van der Waals surface area contributed by atoms with Crippen molar-refractivity contribution in [1.82, 2.24) is 10.3 Å². The molecule has 2 aliphatic heterocycles. The molecule has 0 spiro atoms. The molecule has 172 valence electrons. The standard InChI is InChI=1S/C24H24N2O6S/c1-14-7-9-16(10-8-14)33(28,29)26-25-24-15(2)23(17-5-3-4-6-19(17)27)18-11-21-22(31-13-30-21)12-20(18)32-24/h3-12,15,23-27H,13H2,1-2H3/t15-,23+,24+/m0/s1. The minimum atomic E-state index is -3.81. The van der Waals surface area contributed by atoms with Crippen molar-refractivity contribution in [2.24, 2.45) is 5.92 Å². The van der Waals surface area contributed by atoms with Gasteiger partial charge in [0.25, 0.3) is 10.0 Å². The molecule has 0 fully saturated rings. The summed E-state index contributed by atoms with van der Waals surface area (Å²) in [7, 11) is -3.81. The van der Waals surface area contributed by atoms with Crippen LogP contribution >= 0.6 is 0 Å². The van der Waals surface area contributed by atoms with Gasteiger partial charge in [-0.25, -0.2) is 13.8 Å². The van der Waals surface area contributed by atoms with E-state index >= 15 is 0 Å². The first-order chi connectivity index (χ1) is 15.8. The Bertz CT molecular complexity index is 1290. The zero-order chi connectivity index (χ0) is 23.2. The fraction of sp³-hybridized carbons (Fsp3) is 0.250. The highest BCUT2D eigenvalue weighted by atomic mass is 32.2. The number of fused-ring (bicyclic) bond motifs is 2. The summed E-state index contributed by atoms with van der Waals surface area (Å²) in [5.74, 6) is 1.30. The van der Waals surface area contributed by atoms with E-state index in [4.69, 9.17) is 14.2 Å². The highest BCUT2D eigenvalue weighted by Crippen LogP contribution is 2.50. The fourth-order valence-corrected chi connectivity index (χ4v) is 5.14. The molecule has 2 heterocycles. The second kappa shape index (κ2) is 8.26. The summed E-state index contributed by atoms with van der Waals surface area (Å²) in [5, 5.41) is 10.6. The van der Waals surface area contributed by atoms with E-state index in [1.165, 1.54) is 0 Å². The number of phenolic OH excluding ortho intramolecular Hbond substituents is 1. The molecule has 0 unspecified atom stereocenters. The van der Waals surface area contributed by atoms with Crippen molar-refractivity contribution in [1.29, 1.82) is 0 Å². The van der Waals surface area contributed by atoms with Gasteiger partial charge in [0.1, 0.15) is 11.5 Å². The van der Waals surface area contributed by atoms with Crippen LogP contribution in [0.4, 0.5) is 0 Å². The van der Waals surface area contributed by atoms with Crippen LogP contribution < -0.4 is 24.5 Å². The van der Waals surface area contributed by atoms with Gasteiger partial charge >= 0.3 is 0 Å². The third-order valence-corrected chi connectivity index (χ3v) is 7.32. The van der Waals surface area contributed by atoms with Crippen molar-refractivity contribution >= 4 is 10.0 Å². The number of aromatic hydroxyl groups is 1. The molecule has 3 aromatic carbocycles. The largest absolute Gasteiger partial charge is 0.508 e. The normalized spacial score (nSPS) is 21.3. The van der Waals surface area contributed by atoms with Gasteiger partial charge in [-0.1, -0.05) is 42.8 Å². The predicted molar refractivity (Wildman–Crippen MR) is 121 cm³/mol. The number of benzene rings is 3. The first-order valence-electron chi connectivity index (χ1n) is 10.6. The van der Waals surface area contributed by atoms with Gasteiger partial charge in [0.15, 0.2) is 17.7 Å². The van der Waals surface area contributed by atoms with Crippen molar-refractivity contribution in [3.63, 3.8) is 0 Å². The molecule has 3 atom stereocenters. The minimum Gasteiger partial charge on any atom is -0.508 e. The van der Waals surface area contributed by atoms with Gasteiger partial charge in [-0.05, 0) is 31.2 Å². The SMILES string of the molecule is Cc1ccc(S(=O)(=O)NN[C@@H]2Oc3cc4c(cc3[C@@H](c3ccccc3O)[C@@H]2C)OCO4)cc1. The quantitative estimate of drug-likeness (QED) is 0.493. The van der Waals surface area contributed by atoms with Gasteiger partial charge < -0.3 is 19.3 Å². The van der Waals surface area contributed by atoms with E-state index in [9.17, 15) is 13.5 Å². The van der Waals surface area contributed by atoms with Crippen molar-refractivity contribution in [3.8, 4) is 23.0 Å². The van der Waals surface area contributed by atoms with Crippen LogP contribution in [0, 0.1) is 12.8 Å². The van der Waals surface area contributed by atoms with Crippen LogP contribution in [0.1, 0.15) is 29.5 Å². The minimum absolute atomic E-state index is 0.118. The number of hydrazine groups is 1. The lowest BCUT2D eigenvalue weighted by atomic mass is 9.78. The maximum atomic E-state index is 12.8. The van der Waals surface area contributed by atoms with Crippen molar-refractivity contribution in [2.75, 3.05) is 6.79 Å². The fourth-order valence-electron chi connectivity index (χ4n) is 4.26. The number of rotatable bonds is 5. The lowest BCUT2D eigenvalue weighted by Crippen LogP contribution is -2.52. The number of hydrogen-bond acceptors (Lipinski definition) is 7. The molecule has 2 aliphatic rings. The Morgan fingerprint density at radius 2 is 1.64 bits per heavy atom. The van der Waals surface area contributed by atoms with Gasteiger partial charge in [0.05, 0.1) is 4.90 Å². The number of hydrogen-bond donors (Lipinski definition) is 3. The Morgan fingerprint density at radius 3 is 2.36 bits per heavy atom. The molecule has 0 saturated carbocycles. The van der Waals surface area contributed by atoms with Crippen LogP contribution in [0.2, 0.25) is 0 Å². The average Bonchev–Trinajstić information content (AvgIpc) is 3.25. The summed E-state index contributed by atoms with van der Waals surface area (Å²) < 4.78 is 42.8. The predicted octanol–water partition coefficient (Wildman–Crippen LogP) is 3.40. The zero-order valence-electron chi connectivity index (χ0n) is 18.1.